The highest BCUT2D eigenvalue weighted by atomic mass is 16.1. The van der Waals surface area contributed by atoms with Gasteiger partial charge in [0, 0.05) is 12.3 Å². The lowest BCUT2D eigenvalue weighted by Crippen LogP contribution is -2.51. The quantitative estimate of drug-likeness (QED) is 0.625. The van der Waals surface area contributed by atoms with Crippen LogP contribution in [-0.2, 0) is 9.59 Å². The standard InChI is InChI=1S/C24H34O2/c1-5-6-16-13-21-19-8-7-17-14-18(26)9-11-23(17,3)20(19)10-12-24(21,4)22(16)15(2)25/h5,14,16,19-22H,1,6-13H2,2-4H3/t16-,19-,20+,21+,22+,23+,24+/m1/s1. The Hall–Kier alpha value is -1.18. The summed E-state index contributed by atoms with van der Waals surface area (Å²) in [6.45, 7) is 10.6. The predicted octanol–water partition coefficient (Wildman–Crippen LogP) is 5.53. The van der Waals surface area contributed by atoms with E-state index in [0.717, 1.165) is 31.6 Å². The maximum absolute atomic E-state index is 12.6. The first-order valence-electron chi connectivity index (χ1n) is 10.7. The number of carbonyl (C=O) groups excluding carboxylic acids is 2. The molecule has 0 amide bonds. The molecule has 0 aliphatic heterocycles. The minimum atomic E-state index is 0.169. The summed E-state index contributed by atoms with van der Waals surface area (Å²) in [6.07, 6.45) is 12.6. The first-order valence-corrected chi connectivity index (χ1v) is 10.7. The smallest absolute Gasteiger partial charge is 0.155 e. The highest BCUT2D eigenvalue weighted by Crippen LogP contribution is 2.68. The topological polar surface area (TPSA) is 34.1 Å². The van der Waals surface area contributed by atoms with E-state index < -0.39 is 0 Å². The molecule has 0 bridgehead atoms. The van der Waals surface area contributed by atoms with Gasteiger partial charge in [-0.1, -0.05) is 25.5 Å². The Kier molecular flexibility index (Phi) is 4.32. The molecular weight excluding hydrogens is 320 g/mol. The third-order valence-corrected chi connectivity index (χ3v) is 9.05. The Morgan fingerprint density at radius 1 is 1.23 bits per heavy atom. The van der Waals surface area contributed by atoms with Crippen molar-refractivity contribution < 1.29 is 9.59 Å². The molecule has 142 valence electrons. The first kappa shape index (κ1) is 18.2. The van der Waals surface area contributed by atoms with Crippen LogP contribution in [0.5, 0.6) is 0 Å². The van der Waals surface area contributed by atoms with Gasteiger partial charge in [0.15, 0.2) is 5.78 Å². The molecule has 26 heavy (non-hydrogen) atoms. The zero-order chi connectivity index (χ0) is 18.7. The largest absolute Gasteiger partial charge is 0.300 e. The monoisotopic (exact) mass is 354 g/mol. The van der Waals surface area contributed by atoms with Crippen molar-refractivity contribution in [1.82, 2.24) is 0 Å². The van der Waals surface area contributed by atoms with Crippen molar-refractivity contribution >= 4 is 11.6 Å². The van der Waals surface area contributed by atoms with Gasteiger partial charge in [0.1, 0.15) is 5.78 Å². The van der Waals surface area contributed by atoms with Crippen molar-refractivity contribution in [2.75, 3.05) is 0 Å². The van der Waals surface area contributed by atoms with Crippen LogP contribution in [-0.4, -0.2) is 11.6 Å². The van der Waals surface area contributed by atoms with Gasteiger partial charge in [0.2, 0.25) is 0 Å². The highest BCUT2D eigenvalue weighted by molar-refractivity contribution is 5.91. The number of Topliss-reactive ketones (excluding diaryl/α,β-unsaturated/α-hetero) is 1. The van der Waals surface area contributed by atoms with Crippen LogP contribution in [0.2, 0.25) is 0 Å². The Labute approximate surface area is 158 Å². The van der Waals surface area contributed by atoms with Crippen LogP contribution in [0.1, 0.15) is 72.1 Å². The average Bonchev–Trinajstić information content (AvgIpc) is 2.88. The molecule has 0 aromatic carbocycles. The van der Waals surface area contributed by atoms with Crippen LogP contribution in [0.3, 0.4) is 0 Å². The van der Waals surface area contributed by atoms with Gasteiger partial charge in [0.25, 0.3) is 0 Å². The van der Waals surface area contributed by atoms with Gasteiger partial charge in [0.05, 0.1) is 0 Å². The fourth-order valence-electron chi connectivity index (χ4n) is 7.98. The molecule has 0 aromatic heterocycles. The fraction of sp³-hybridized carbons (Fsp3) is 0.750. The van der Waals surface area contributed by atoms with E-state index >= 15 is 0 Å². The number of fused-ring (bicyclic) bond motifs is 5. The molecule has 4 rings (SSSR count). The van der Waals surface area contributed by atoms with E-state index in [1.807, 2.05) is 19.1 Å². The predicted molar refractivity (Wildman–Crippen MR) is 105 cm³/mol. The molecular formula is C24H34O2. The van der Waals surface area contributed by atoms with Crippen LogP contribution in [0.15, 0.2) is 24.3 Å². The van der Waals surface area contributed by atoms with Gasteiger partial charge >= 0.3 is 0 Å². The maximum atomic E-state index is 12.6. The van der Waals surface area contributed by atoms with Gasteiger partial charge in [-0.05, 0) is 92.4 Å². The van der Waals surface area contributed by atoms with E-state index in [4.69, 9.17) is 0 Å². The molecule has 0 spiro atoms. The second kappa shape index (κ2) is 6.17. The number of allylic oxidation sites excluding steroid dienone is 2. The second-order valence-electron chi connectivity index (χ2n) is 10.1. The van der Waals surface area contributed by atoms with Crippen molar-refractivity contribution in [3.63, 3.8) is 0 Å². The normalized spacial score (nSPS) is 47.4. The summed E-state index contributed by atoms with van der Waals surface area (Å²) in [5, 5.41) is 0. The minimum absolute atomic E-state index is 0.169. The van der Waals surface area contributed by atoms with E-state index in [0.29, 0.717) is 29.3 Å². The van der Waals surface area contributed by atoms with E-state index in [-0.39, 0.29) is 16.7 Å². The number of ketones is 2. The lowest BCUT2D eigenvalue weighted by Gasteiger charge is -2.58. The van der Waals surface area contributed by atoms with Crippen LogP contribution in [0.25, 0.3) is 0 Å². The summed E-state index contributed by atoms with van der Waals surface area (Å²) < 4.78 is 0. The Balaban J connectivity index is 1.68. The summed E-state index contributed by atoms with van der Waals surface area (Å²) in [7, 11) is 0. The molecule has 3 saturated carbocycles. The van der Waals surface area contributed by atoms with Crippen LogP contribution < -0.4 is 0 Å². The molecule has 3 fully saturated rings. The molecule has 0 N–H and O–H groups in total. The summed E-state index contributed by atoms with van der Waals surface area (Å²) in [6, 6.07) is 0. The summed E-state index contributed by atoms with van der Waals surface area (Å²) in [4.78, 5) is 24.6. The average molecular weight is 355 g/mol. The van der Waals surface area contributed by atoms with Crippen molar-refractivity contribution in [3.05, 3.63) is 24.3 Å². The van der Waals surface area contributed by atoms with Crippen LogP contribution >= 0.6 is 0 Å². The number of hydrogen-bond donors (Lipinski definition) is 0. The third-order valence-electron chi connectivity index (χ3n) is 9.05. The number of carbonyl (C=O) groups is 2. The lowest BCUT2D eigenvalue weighted by atomic mass is 9.46. The van der Waals surface area contributed by atoms with Gasteiger partial charge < -0.3 is 0 Å². The van der Waals surface area contributed by atoms with Gasteiger partial charge in [-0.25, -0.2) is 0 Å². The van der Waals surface area contributed by atoms with Gasteiger partial charge in [-0.2, -0.15) is 0 Å². The summed E-state index contributed by atoms with van der Waals surface area (Å²) >= 11 is 0. The SMILES string of the molecule is C=CC[C@@H]1C[C@H]2[C@@H]3CCC4=CC(=O)CC[C@]4(C)[C@H]3CC[C@]2(C)[C@H]1C(C)=O. The zero-order valence-electron chi connectivity index (χ0n) is 16.7. The van der Waals surface area contributed by atoms with E-state index in [1.54, 1.807) is 0 Å². The second-order valence-corrected chi connectivity index (χ2v) is 10.1. The number of rotatable bonds is 3. The minimum Gasteiger partial charge on any atom is -0.300 e. The Morgan fingerprint density at radius 2 is 2.00 bits per heavy atom. The molecule has 4 aliphatic rings. The van der Waals surface area contributed by atoms with Crippen molar-refractivity contribution in [2.24, 2.45) is 40.4 Å². The maximum Gasteiger partial charge on any atom is 0.155 e. The Bertz CT molecular complexity index is 674. The van der Waals surface area contributed by atoms with Crippen molar-refractivity contribution in [2.45, 2.75) is 72.1 Å². The molecule has 4 aliphatic carbocycles. The summed E-state index contributed by atoms with van der Waals surface area (Å²) in [5.41, 5.74) is 1.82. The van der Waals surface area contributed by atoms with Crippen LogP contribution in [0.4, 0.5) is 0 Å². The lowest BCUT2D eigenvalue weighted by molar-refractivity contribution is -0.129. The van der Waals surface area contributed by atoms with E-state index in [2.05, 4.69) is 20.4 Å². The summed E-state index contributed by atoms with van der Waals surface area (Å²) in [5.74, 6) is 3.51. The molecule has 0 radical (unpaired) electrons. The molecule has 2 heteroatoms. The molecule has 0 saturated heterocycles. The highest BCUT2D eigenvalue weighted by Gasteiger charge is 2.61. The molecule has 0 heterocycles. The van der Waals surface area contributed by atoms with Gasteiger partial charge in [-0.3, -0.25) is 9.59 Å². The van der Waals surface area contributed by atoms with E-state index in [9.17, 15) is 9.59 Å². The number of hydrogen-bond acceptors (Lipinski definition) is 2. The van der Waals surface area contributed by atoms with E-state index in [1.165, 1.54) is 31.3 Å². The molecule has 0 unspecified atom stereocenters. The third kappa shape index (κ3) is 2.43. The van der Waals surface area contributed by atoms with Crippen molar-refractivity contribution in [1.29, 1.82) is 0 Å². The fourth-order valence-corrected chi connectivity index (χ4v) is 7.98. The molecule has 0 aromatic rings. The zero-order valence-corrected chi connectivity index (χ0v) is 16.7. The first-order chi connectivity index (χ1) is 12.3. The van der Waals surface area contributed by atoms with Gasteiger partial charge in [-0.15, -0.1) is 6.58 Å². The molecule has 7 atom stereocenters. The Morgan fingerprint density at radius 3 is 2.69 bits per heavy atom. The van der Waals surface area contributed by atoms with Crippen molar-refractivity contribution in [3.8, 4) is 0 Å². The molecule has 2 nitrogen and oxygen atoms in total. The van der Waals surface area contributed by atoms with Crippen LogP contribution in [0, 0.1) is 40.4 Å².